The van der Waals surface area contributed by atoms with Crippen molar-refractivity contribution in [2.45, 2.75) is 19.1 Å². The van der Waals surface area contributed by atoms with Crippen molar-refractivity contribution in [2.24, 2.45) is 0 Å². The maximum atomic E-state index is 9.77. The smallest absolute Gasteiger partial charge is 0.335 e. The zero-order valence-corrected chi connectivity index (χ0v) is 9.39. The second-order valence-electron chi connectivity index (χ2n) is 3.17. The highest BCUT2D eigenvalue weighted by Crippen LogP contribution is 2.00. The number of aliphatic hydroxyl groups is 2. The molecule has 0 aromatic carbocycles. The maximum absolute atomic E-state index is 9.77. The van der Waals surface area contributed by atoms with Gasteiger partial charge in [-0.25, -0.2) is 9.59 Å². The van der Waals surface area contributed by atoms with Gasteiger partial charge in [-0.3, -0.25) is 0 Å². The van der Waals surface area contributed by atoms with Crippen LogP contribution in [0.1, 0.15) is 5.56 Å². The van der Waals surface area contributed by atoms with E-state index in [2.05, 4.69) is 10.2 Å². The number of nitrogen functional groups attached to an aromatic ring is 1. The standard InChI is InChI=1S/C5H7N3.C4H6O6/c1-4-2-3-7-8-5(4)6;5-1(3(7)8)2(6)4(9)10/h2-3H,1H3,(H2,6,8);1-2,5-6H,(H,7,8)(H,9,10)/t;1-,2-/m.1/s1. The van der Waals surface area contributed by atoms with E-state index in [4.69, 9.17) is 26.2 Å². The Morgan fingerprint density at radius 1 is 1.22 bits per heavy atom. The lowest BCUT2D eigenvalue weighted by Crippen LogP contribution is -2.39. The number of hydrogen-bond acceptors (Lipinski definition) is 7. The van der Waals surface area contributed by atoms with E-state index in [0.717, 1.165) is 5.56 Å². The molecule has 18 heavy (non-hydrogen) atoms. The molecule has 1 rings (SSSR count). The molecule has 0 aliphatic rings. The Labute approximate surface area is 102 Å². The van der Waals surface area contributed by atoms with Gasteiger partial charge in [0, 0.05) is 0 Å². The number of hydrogen-bond donors (Lipinski definition) is 5. The van der Waals surface area contributed by atoms with Crippen LogP contribution in [0, 0.1) is 6.92 Å². The van der Waals surface area contributed by atoms with Crippen LogP contribution in [0.15, 0.2) is 12.3 Å². The first kappa shape index (κ1) is 15.7. The number of rotatable bonds is 3. The highest BCUT2D eigenvalue weighted by atomic mass is 16.4. The molecule has 100 valence electrons. The van der Waals surface area contributed by atoms with Gasteiger partial charge in [0.15, 0.2) is 12.2 Å². The normalized spacial score (nSPS) is 12.8. The van der Waals surface area contributed by atoms with Gasteiger partial charge in [0.2, 0.25) is 0 Å². The predicted octanol–water partition coefficient (Wildman–Crippen LogP) is -1.76. The van der Waals surface area contributed by atoms with Gasteiger partial charge < -0.3 is 26.2 Å². The Morgan fingerprint density at radius 3 is 1.89 bits per heavy atom. The highest BCUT2D eigenvalue weighted by Gasteiger charge is 2.29. The second kappa shape index (κ2) is 7.14. The van der Waals surface area contributed by atoms with Crippen LogP contribution in [0.5, 0.6) is 0 Å². The Balaban J connectivity index is 0.000000327. The van der Waals surface area contributed by atoms with E-state index in [0.29, 0.717) is 5.82 Å². The zero-order valence-electron chi connectivity index (χ0n) is 9.39. The first-order valence-electron chi connectivity index (χ1n) is 4.63. The van der Waals surface area contributed by atoms with Crippen molar-refractivity contribution in [1.29, 1.82) is 0 Å². The van der Waals surface area contributed by atoms with E-state index in [1.54, 1.807) is 6.20 Å². The molecule has 9 heteroatoms. The molecule has 6 N–H and O–H groups in total. The third-order valence-electron chi connectivity index (χ3n) is 1.77. The summed E-state index contributed by atoms with van der Waals surface area (Å²) in [5.74, 6) is -3.03. The number of aromatic nitrogens is 2. The first-order valence-corrected chi connectivity index (χ1v) is 4.63. The van der Waals surface area contributed by atoms with Crippen molar-refractivity contribution in [3.8, 4) is 0 Å². The summed E-state index contributed by atoms with van der Waals surface area (Å²) in [5.41, 5.74) is 6.32. The fourth-order valence-electron chi connectivity index (χ4n) is 0.675. The largest absolute Gasteiger partial charge is 0.479 e. The van der Waals surface area contributed by atoms with Gasteiger partial charge in [0.25, 0.3) is 0 Å². The molecule has 2 atom stereocenters. The highest BCUT2D eigenvalue weighted by molar-refractivity contribution is 5.83. The van der Waals surface area contributed by atoms with Gasteiger partial charge in [0.1, 0.15) is 5.82 Å². The molecule has 1 aromatic rings. The molecule has 0 saturated heterocycles. The van der Waals surface area contributed by atoms with E-state index in [9.17, 15) is 9.59 Å². The van der Waals surface area contributed by atoms with Crippen LogP contribution in [0.2, 0.25) is 0 Å². The minimum atomic E-state index is -2.27. The summed E-state index contributed by atoms with van der Waals surface area (Å²) in [6.45, 7) is 1.89. The van der Waals surface area contributed by atoms with Gasteiger partial charge in [-0.05, 0) is 18.6 Å². The van der Waals surface area contributed by atoms with Gasteiger partial charge in [-0.1, -0.05) is 0 Å². The Morgan fingerprint density at radius 2 is 1.67 bits per heavy atom. The van der Waals surface area contributed by atoms with E-state index >= 15 is 0 Å². The van der Waals surface area contributed by atoms with Crippen LogP contribution in [-0.2, 0) is 9.59 Å². The van der Waals surface area contributed by atoms with Gasteiger partial charge in [0.05, 0.1) is 6.20 Å². The van der Waals surface area contributed by atoms with Crippen LogP contribution in [0.25, 0.3) is 0 Å². The van der Waals surface area contributed by atoms with Crippen molar-refractivity contribution in [2.75, 3.05) is 5.73 Å². The van der Waals surface area contributed by atoms with Crippen LogP contribution in [0.4, 0.5) is 5.82 Å². The minimum Gasteiger partial charge on any atom is -0.479 e. The lowest BCUT2D eigenvalue weighted by Gasteiger charge is -2.07. The maximum Gasteiger partial charge on any atom is 0.335 e. The number of carboxylic acid groups (broad SMARTS) is 2. The fourth-order valence-corrected chi connectivity index (χ4v) is 0.675. The van der Waals surface area contributed by atoms with Gasteiger partial charge >= 0.3 is 11.9 Å². The van der Waals surface area contributed by atoms with Crippen LogP contribution >= 0.6 is 0 Å². The van der Waals surface area contributed by atoms with E-state index in [-0.39, 0.29) is 0 Å². The average molecular weight is 259 g/mol. The van der Waals surface area contributed by atoms with Crippen LogP contribution in [0.3, 0.4) is 0 Å². The summed E-state index contributed by atoms with van der Waals surface area (Å²) in [7, 11) is 0. The number of nitrogens with zero attached hydrogens (tertiary/aromatic N) is 2. The summed E-state index contributed by atoms with van der Waals surface area (Å²) >= 11 is 0. The fraction of sp³-hybridized carbons (Fsp3) is 0.333. The molecular weight excluding hydrogens is 246 g/mol. The molecule has 1 heterocycles. The summed E-state index contributed by atoms with van der Waals surface area (Å²) in [4.78, 5) is 19.5. The quantitative estimate of drug-likeness (QED) is 0.422. The molecular formula is C9H13N3O6. The molecule has 0 aliphatic heterocycles. The van der Waals surface area contributed by atoms with E-state index in [1.807, 2.05) is 13.0 Å². The van der Waals surface area contributed by atoms with Gasteiger partial charge in [-0.15, -0.1) is 5.10 Å². The summed E-state index contributed by atoms with van der Waals surface area (Å²) in [6.07, 6.45) is -2.92. The molecule has 9 nitrogen and oxygen atoms in total. The SMILES string of the molecule is Cc1ccnnc1N.O=C(O)[C@H](O)[C@@H](O)C(=O)O. The Bertz CT molecular complexity index is 386. The number of nitrogens with two attached hydrogens (primary N) is 1. The van der Waals surface area contributed by atoms with E-state index < -0.39 is 24.1 Å². The van der Waals surface area contributed by atoms with Crippen molar-refractivity contribution in [3.05, 3.63) is 17.8 Å². The number of anilines is 1. The second-order valence-corrected chi connectivity index (χ2v) is 3.17. The van der Waals surface area contributed by atoms with Crippen LogP contribution < -0.4 is 5.73 Å². The van der Waals surface area contributed by atoms with E-state index in [1.165, 1.54) is 0 Å². The van der Waals surface area contributed by atoms with Crippen molar-refractivity contribution < 1.29 is 30.0 Å². The molecule has 0 saturated carbocycles. The Hall–Kier alpha value is -2.26. The molecule has 0 amide bonds. The molecule has 0 aliphatic carbocycles. The molecule has 0 bridgehead atoms. The first-order chi connectivity index (χ1) is 8.27. The third kappa shape index (κ3) is 5.18. The number of carbonyl (C=O) groups is 2. The summed E-state index contributed by atoms with van der Waals surface area (Å²) in [5, 5.41) is 39.7. The van der Waals surface area contributed by atoms with Crippen molar-refractivity contribution in [3.63, 3.8) is 0 Å². The van der Waals surface area contributed by atoms with Gasteiger partial charge in [-0.2, -0.15) is 5.10 Å². The number of aliphatic carboxylic acids is 2. The van der Waals surface area contributed by atoms with Crippen molar-refractivity contribution in [1.82, 2.24) is 10.2 Å². The molecule has 0 fully saturated rings. The lowest BCUT2D eigenvalue weighted by molar-refractivity contribution is -0.165. The molecule has 0 unspecified atom stereocenters. The number of aliphatic hydroxyl groups excluding tert-OH is 2. The molecule has 0 spiro atoms. The average Bonchev–Trinajstić information content (AvgIpc) is 2.31. The summed E-state index contributed by atoms with van der Waals surface area (Å²) < 4.78 is 0. The Kier molecular flexibility index (Phi) is 6.24. The molecule has 0 radical (unpaired) electrons. The van der Waals surface area contributed by atoms with Crippen LogP contribution in [-0.4, -0.2) is 54.8 Å². The predicted molar refractivity (Wildman–Crippen MR) is 58.5 cm³/mol. The monoisotopic (exact) mass is 259 g/mol. The minimum absolute atomic E-state index is 0.507. The zero-order chi connectivity index (χ0) is 14.3. The number of aryl methyl sites for hydroxylation is 1. The number of carboxylic acids is 2. The molecule has 1 aromatic heterocycles. The third-order valence-corrected chi connectivity index (χ3v) is 1.77. The topological polar surface area (TPSA) is 167 Å². The summed E-state index contributed by atoms with van der Waals surface area (Å²) in [6, 6.07) is 1.82. The van der Waals surface area contributed by atoms with Crippen molar-refractivity contribution >= 4 is 17.8 Å². The lowest BCUT2D eigenvalue weighted by atomic mass is 10.2.